The van der Waals surface area contributed by atoms with Crippen LogP contribution in [-0.2, 0) is 4.79 Å². The monoisotopic (exact) mass is 427 g/mol. The number of hydrogen-bond acceptors (Lipinski definition) is 6. The highest BCUT2D eigenvalue weighted by atomic mass is 32.2. The standard InChI is InChI=1S/C20H17N3O2S3/c1-11(28-14-7-5-13(6-8-14)21-12(2)24)18-22-19(25)17-15(10-27-20(17)23-18)16-4-3-9-26-16/h3-11H,1-2H3,(H,21,24)(H,22,23,25)/t11-/m0/s1. The summed E-state index contributed by atoms with van der Waals surface area (Å²) in [5, 5.41) is 7.40. The van der Waals surface area contributed by atoms with Gasteiger partial charge in [0.2, 0.25) is 5.91 Å². The number of rotatable bonds is 5. The maximum atomic E-state index is 12.7. The molecule has 3 aromatic heterocycles. The van der Waals surface area contributed by atoms with Crippen molar-refractivity contribution in [2.45, 2.75) is 24.0 Å². The van der Waals surface area contributed by atoms with E-state index in [4.69, 9.17) is 4.98 Å². The van der Waals surface area contributed by atoms with Crippen LogP contribution in [-0.4, -0.2) is 15.9 Å². The van der Waals surface area contributed by atoms with Gasteiger partial charge in [-0.15, -0.1) is 34.4 Å². The van der Waals surface area contributed by atoms with Gasteiger partial charge in [-0.3, -0.25) is 9.59 Å². The van der Waals surface area contributed by atoms with Crippen molar-refractivity contribution >= 4 is 56.2 Å². The van der Waals surface area contributed by atoms with Crippen molar-refractivity contribution in [3.63, 3.8) is 0 Å². The number of fused-ring (bicyclic) bond motifs is 1. The number of aromatic amines is 1. The average molecular weight is 428 g/mol. The maximum absolute atomic E-state index is 12.7. The predicted molar refractivity (Wildman–Crippen MR) is 119 cm³/mol. The highest BCUT2D eigenvalue weighted by molar-refractivity contribution is 7.99. The molecular weight excluding hydrogens is 410 g/mol. The number of nitrogens with one attached hydrogen (secondary N) is 2. The van der Waals surface area contributed by atoms with Gasteiger partial charge in [-0.2, -0.15) is 0 Å². The van der Waals surface area contributed by atoms with Crippen LogP contribution < -0.4 is 10.9 Å². The molecule has 1 atom stereocenters. The van der Waals surface area contributed by atoms with E-state index in [1.54, 1.807) is 23.1 Å². The zero-order valence-electron chi connectivity index (χ0n) is 15.2. The number of anilines is 1. The fourth-order valence-electron chi connectivity index (χ4n) is 2.85. The molecule has 0 saturated carbocycles. The molecule has 1 amide bonds. The molecule has 0 aliphatic heterocycles. The first-order chi connectivity index (χ1) is 13.5. The van der Waals surface area contributed by atoms with Gasteiger partial charge in [0.25, 0.3) is 5.56 Å². The summed E-state index contributed by atoms with van der Waals surface area (Å²) in [5.74, 6) is 0.565. The van der Waals surface area contributed by atoms with E-state index in [1.807, 2.05) is 54.1 Å². The second kappa shape index (κ2) is 7.90. The Hall–Kier alpha value is -2.42. The van der Waals surface area contributed by atoms with Gasteiger partial charge >= 0.3 is 0 Å². The summed E-state index contributed by atoms with van der Waals surface area (Å²) in [6, 6.07) is 11.6. The van der Waals surface area contributed by atoms with E-state index >= 15 is 0 Å². The zero-order chi connectivity index (χ0) is 19.7. The lowest BCUT2D eigenvalue weighted by molar-refractivity contribution is -0.114. The molecule has 2 N–H and O–H groups in total. The summed E-state index contributed by atoms with van der Waals surface area (Å²) in [5.41, 5.74) is 1.61. The molecule has 142 valence electrons. The molecule has 0 aliphatic carbocycles. The number of carbonyl (C=O) groups excluding carboxylic acids is 1. The SMILES string of the molecule is CC(=O)Nc1ccc(S[C@@H](C)c2nc3scc(-c4cccs4)c3c(=O)[nH]2)cc1. The lowest BCUT2D eigenvalue weighted by Crippen LogP contribution is -2.12. The van der Waals surface area contributed by atoms with Gasteiger partial charge in [-0.1, -0.05) is 6.07 Å². The third-order valence-corrected chi connectivity index (χ3v) is 7.02. The molecule has 1 aromatic carbocycles. The largest absolute Gasteiger partial charge is 0.326 e. The Balaban J connectivity index is 1.59. The minimum atomic E-state index is -0.0990. The number of nitrogens with zero attached hydrogens (tertiary/aromatic N) is 1. The predicted octanol–water partition coefficient (Wildman–Crippen LogP) is 5.52. The third kappa shape index (κ3) is 3.89. The van der Waals surface area contributed by atoms with Crippen molar-refractivity contribution in [2.75, 3.05) is 5.32 Å². The number of aromatic nitrogens is 2. The van der Waals surface area contributed by atoms with Crippen LogP contribution in [0.3, 0.4) is 0 Å². The van der Waals surface area contributed by atoms with E-state index in [0.717, 1.165) is 25.9 Å². The summed E-state index contributed by atoms with van der Waals surface area (Å²) in [6.07, 6.45) is 0. The van der Waals surface area contributed by atoms with Crippen LogP contribution in [0, 0.1) is 0 Å². The third-order valence-electron chi connectivity index (χ3n) is 4.12. The van der Waals surface area contributed by atoms with E-state index in [0.29, 0.717) is 11.2 Å². The van der Waals surface area contributed by atoms with Crippen molar-refractivity contribution in [2.24, 2.45) is 0 Å². The van der Waals surface area contributed by atoms with Crippen molar-refractivity contribution in [3.05, 3.63) is 63.3 Å². The quantitative estimate of drug-likeness (QED) is 0.411. The number of H-pyrrole nitrogens is 1. The molecule has 8 heteroatoms. The molecule has 0 fully saturated rings. The van der Waals surface area contributed by atoms with E-state index in [9.17, 15) is 9.59 Å². The fraction of sp³-hybridized carbons (Fsp3) is 0.150. The molecule has 0 saturated heterocycles. The zero-order valence-corrected chi connectivity index (χ0v) is 17.6. The molecule has 0 unspecified atom stereocenters. The van der Waals surface area contributed by atoms with Gasteiger partial charge in [-0.25, -0.2) is 4.98 Å². The van der Waals surface area contributed by atoms with Crippen LogP contribution in [0.15, 0.2) is 56.8 Å². The number of thioether (sulfide) groups is 1. The Morgan fingerprint density at radius 3 is 2.68 bits per heavy atom. The lowest BCUT2D eigenvalue weighted by Gasteiger charge is -2.11. The van der Waals surface area contributed by atoms with Crippen LogP contribution in [0.5, 0.6) is 0 Å². The number of thiophene rings is 2. The van der Waals surface area contributed by atoms with Gasteiger partial charge in [0.1, 0.15) is 10.7 Å². The summed E-state index contributed by atoms with van der Waals surface area (Å²) in [6.45, 7) is 3.50. The highest BCUT2D eigenvalue weighted by Gasteiger charge is 2.17. The van der Waals surface area contributed by atoms with E-state index in [2.05, 4.69) is 10.3 Å². The molecule has 0 bridgehead atoms. The van der Waals surface area contributed by atoms with Crippen molar-refractivity contribution in [3.8, 4) is 10.4 Å². The van der Waals surface area contributed by atoms with Crippen LogP contribution in [0.1, 0.15) is 24.9 Å². The molecule has 0 spiro atoms. The summed E-state index contributed by atoms with van der Waals surface area (Å²) in [7, 11) is 0. The first-order valence-corrected chi connectivity index (χ1v) is 11.2. The number of benzene rings is 1. The van der Waals surface area contributed by atoms with Gasteiger partial charge < -0.3 is 10.3 Å². The Kier molecular flexibility index (Phi) is 5.34. The second-order valence-corrected chi connectivity index (χ2v) is 9.44. The first-order valence-electron chi connectivity index (χ1n) is 8.61. The van der Waals surface area contributed by atoms with Gasteiger partial charge in [-0.05, 0) is 42.6 Å². The van der Waals surface area contributed by atoms with Crippen molar-refractivity contribution in [1.29, 1.82) is 0 Å². The number of carbonyl (C=O) groups is 1. The summed E-state index contributed by atoms with van der Waals surface area (Å²) < 4.78 is 0. The van der Waals surface area contributed by atoms with E-state index < -0.39 is 0 Å². The minimum absolute atomic E-state index is 0.0176. The molecule has 0 aliphatic rings. The first kappa shape index (κ1) is 18.9. The van der Waals surface area contributed by atoms with Gasteiger partial charge in [0.15, 0.2) is 0 Å². The summed E-state index contributed by atoms with van der Waals surface area (Å²) >= 11 is 4.72. The molecule has 4 rings (SSSR count). The van der Waals surface area contributed by atoms with Crippen LogP contribution in [0.25, 0.3) is 20.7 Å². The Morgan fingerprint density at radius 1 is 1.21 bits per heavy atom. The van der Waals surface area contributed by atoms with E-state index in [1.165, 1.54) is 18.3 Å². The smallest absolute Gasteiger partial charge is 0.260 e. The van der Waals surface area contributed by atoms with Gasteiger partial charge in [0, 0.05) is 33.3 Å². The molecule has 3 heterocycles. The van der Waals surface area contributed by atoms with E-state index in [-0.39, 0.29) is 16.7 Å². The Labute approximate surface area is 173 Å². The second-order valence-electron chi connectivity index (χ2n) is 6.22. The van der Waals surface area contributed by atoms with Crippen LogP contribution in [0.2, 0.25) is 0 Å². The molecule has 5 nitrogen and oxygen atoms in total. The van der Waals surface area contributed by atoms with Crippen LogP contribution >= 0.6 is 34.4 Å². The highest BCUT2D eigenvalue weighted by Crippen LogP contribution is 2.36. The molecule has 4 aromatic rings. The normalized spacial score (nSPS) is 12.2. The van der Waals surface area contributed by atoms with Gasteiger partial charge in [0.05, 0.1) is 10.6 Å². The average Bonchev–Trinajstić information content (AvgIpc) is 3.32. The summed E-state index contributed by atoms with van der Waals surface area (Å²) in [4.78, 5) is 34.4. The topological polar surface area (TPSA) is 74.8 Å². The lowest BCUT2D eigenvalue weighted by atomic mass is 10.2. The van der Waals surface area contributed by atoms with Crippen LogP contribution in [0.4, 0.5) is 5.69 Å². The van der Waals surface area contributed by atoms with Crippen molar-refractivity contribution < 1.29 is 4.79 Å². The Bertz CT molecular complexity index is 1180. The number of hydrogen-bond donors (Lipinski definition) is 2. The molecule has 28 heavy (non-hydrogen) atoms. The fourth-order valence-corrected chi connectivity index (χ4v) is 5.55. The van der Waals surface area contributed by atoms with Crippen molar-refractivity contribution in [1.82, 2.24) is 9.97 Å². The molecule has 0 radical (unpaired) electrons. The molecular formula is C20H17N3O2S3. The maximum Gasteiger partial charge on any atom is 0.260 e. The Morgan fingerprint density at radius 2 is 2.00 bits per heavy atom. The number of amides is 1. The minimum Gasteiger partial charge on any atom is -0.326 e.